The Morgan fingerprint density at radius 1 is 1.59 bits per heavy atom. The van der Waals surface area contributed by atoms with Gasteiger partial charge in [-0.2, -0.15) is 5.26 Å². The zero-order chi connectivity index (χ0) is 12.7. The number of methoxy groups -OCH3 is 1. The van der Waals surface area contributed by atoms with Crippen molar-refractivity contribution in [2.24, 2.45) is 5.92 Å². The van der Waals surface area contributed by atoms with Gasteiger partial charge in [0.2, 0.25) is 0 Å². The van der Waals surface area contributed by atoms with E-state index >= 15 is 0 Å². The summed E-state index contributed by atoms with van der Waals surface area (Å²) in [6, 6.07) is 7.30. The van der Waals surface area contributed by atoms with Crippen molar-refractivity contribution in [2.75, 3.05) is 12.4 Å². The molecule has 0 aliphatic heterocycles. The van der Waals surface area contributed by atoms with Gasteiger partial charge < -0.3 is 4.74 Å². The van der Waals surface area contributed by atoms with Crippen LogP contribution in [0.3, 0.4) is 0 Å². The number of anilines is 1. The first-order chi connectivity index (χ1) is 8.21. The third-order valence-corrected chi connectivity index (χ3v) is 2.40. The Balaban J connectivity index is 2.71. The van der Waals surface area contributed by atoms with Crippen LogP contribution in [-0.2, 0) is 16.0 Å². The van der Waals surface area contributed by atoms with E-state index < -0.39 is 0 Å². The average molecular weight is 230 g/mol. The van der Waals surface area contributed by atoms with Gasteiger partial charge in [0.15, 0.2) is 6.19 Å². The molecule has 0 heterocycles. The number of nitriles is 1. The number of hydrogen-bond donors (Lipinski definition) is 1. The van der Waals surface area contributed by atoms with Crippen molar-refractivity contribution in [3.05, 3.63) is 42.5 Å². The number of ether oxygens (including phenoxy) is 1. The number of rotatable bonds is 5. The van der Waals surface area contributed by atoms with Crippen LogP contribution < -0.4 is 5.32 Å². The molecule has 0 aliphatic rings. The lowest BCUT2D eigenvalue weighted by atomic mass is 9.99. The molecule has 1 rings (SSSR count). The first-order valence-corrected chi connectivity index (χ1v) is 5.15. The van der Waals surface area contributed by atoms with E-state index in [1.54, 1.807) is 18.2 Å². The van der Waals surface area contributed by atoms with E-state index in [2.05, 4.69) is 16.6 Å². The van der Waals surface area contributed by atoms with Crippen molar-refractivity contribution >= 4 is 11.7 Å². The maximum Gasteiger partial charge on any atom is 0.312 e. The Bertz CT molecular complexity index is 432. The van der Waals surface area contributed by atoms with Gasteiger partial charge in [0, 0.05) is 5.69 Å². The van der Waals surface area contributed by atoms with Crippen LogP contribution in [0.2, 0.25) is 0 Å². The first-order valence-electron chi connectivity index (χ1n) is 5.15. The summed E-state index contributed by atoms with van der Waals surface area (Å²) in [5.41, 5.74) is 1.72. The Labute approximate surface area is 101 Å². The molecule has 0 aromatic heterocycles. The topological polar surface area (TPSA) is 62.1 Å². The first kappa shape index (κ1) is 12.8. The van der Waals surface area contributed by atoms with Crippen molar-refractivity contribution < 1.29 is 9.53 Å². The lowest BCUT2D eigenvalue weighted by molar-refractivity contribution is -0.143. The molecule has 0 aliphatic carbocycles. The van der Waals surface area contributed by atoms with Gasteiger partial charge in [-0.1, -0.05) is 18.2 Å². The number of benzene rings is 1. The molecule has 0 radical (unpaired) electrons. The lowest BCUT2D eigenvalue weighted by Crippen LogP contribution is -2.16. The molecule has 0 bridgehead atoms. The number of nitrogens with zero attached hydrogens (tertiary/aromatic N) is 1. The SMILES string of the molecule is C=C[C@@H](Cc1ccc(NC#N)cc1)C(=O)OC. The predicted octanol–water partition coefficient (Wildman–Crippen LogP) is 2.10. The second-order valence-electron chi connectivity index (χ2n) is 3.50. The van der Waals surface area contributed by atoms with Crippen LogP contribution in [0.5, 0.6) is 0 Å². The lowest BCUT2D eigenvalue weighted by Gasteiger charge is -2.10. The van der Waals surface area contributed by atoms with Crippen LogP contribution in [0.4, 0.5) is 5.69 Å². The van der Waals surface area contributed by atoms with Crippen LogP contribution in [-0.4, -0.2) is 13.1 Å². The van der Waals surface area contributed by atoms with Gasteiger partial charge in [-0.05, 0) is 24.1 Å². The third-order valence-electron chi connectivity index (χ3n) is 2.40. The van der Waals surface area contributed by atoms with E-state index in [-0.39, 0.29) is 11.9 Å². The van der Waals surface area contributed by atoms with Gasteiger partial charge in [0.1, 0.15) is 0 Å². The summed E-state index contributed by atoms with van der Waals surface area (Å²) in [5, 5.41) is 11.0. The summed E-state index contributed by atoms with van der Waals surface area (Å²) in [6.07, 6.45) is 3.96. The predicted molar refractivity (Wildman–Crippen MR) is 65.1 cm³/mol. The van der Waals surface area contributed by atoms with E-state index in [0.717, 1.165) is 11.3 Å². The standard InChI is InChI=1S/C13H14N2O2/c1-3-11(13(16)17-2)8-10-4-6-12(7-5-10)15-9-14/h3-7,11,15H,1,8H2,2H3/t11-/m0/s1. The molecule has 4 heteroatoms. The second kappa shape index (κ2) is 6.33. The normalized spacial score (nSPS) is 11.1. The molecule has 0 fully saturated rings. The molecule has 0 saturated carbocycles. The minimum Gasteiger partial charge on any atom is -0.469 e. The summed E-state index contributed by atoms with van der Waals surface area (Å²) >= 11 is 0. The number of nitrogens with one attached hydrogen (secondary N) is 1. The largest absolute Gasteiger partial charge is 0.469 e. The molecule has 1 atom stereocenters. The molecule has 0 spiro atoms. The van der Waals surface area contributed by atoms with Gasteiger partial charge in [-0.3, -0.25) is 10.1 Å². The van der Waals surface area contributed by atoms with Gasteiger partial charge in [-0.15, -0.1) is 6.58 Å². The summed E-state index contributed by atoms with van der Waals surface area (Å²) in [5.74, 6) is -0.631. The Hall–Kier alpha value is -2.28. The number of esters is 1. The smallest absolute Gasteiger partial charge is 0.312 e. The van der Waals surface area contributed by atoms with Gasteiger partial charge >= 0.3 is 5.97 Å². The van der Waals surface area contributed by atoms with E-state index in [1.165, 1.54) is 7.11 Å². The molecule has 0 unspecified atom stereocenters. The molecule has 1 aromatic rings. The van der Waals surface area contributed by atoms with E-state index in [0.29, 0.717) is 6.42 Å². The molecule has 0 amide bonds. The van der Waals surface area contributed by atoms with Crippen molar-refractivity contribution in [3.63, 3.8) is 0 Å². The molecular weight excluding hydrogens is 216 g/mol. The Kier molecular flexibility index (Phi) is 4.77. The zero-order valence-corrected chi connectivity index (χ0v) is 9.64. The number of carbonyl (C=O) groups excluding carboxylic acids is 1. The maximum absolute atomic E-state index is 11.4. The average Bonchev–Trinajstić information content (AvgIpc) is 2.37. The number of carbonyl (C=O) groups is 1. The zero-order valence-electron chi connectivity index (χ0n) is 9.64. The molecule has 1 aromatic carbocycles. The highest BCUT2D eigenvalue weighted by atomic mass is 16.5. The van der Waals surface area contributed by atoms with E-state index in [9.17, 15) is 4.79 Å². The molecule has 17 heavy (non-hydrogen) atoms. The van der Waals surface area contributed by atoms with Crippen molar-refractivity contribution in [1.82, 2.24) is 0 Å². The fourth-order valence-corrected chi connectivity index (χ4v) is 1.46. The third kappa shape index (κ3) is 3.65. The van der Waals surface area contributed by atoms with Crippen LogP contribution in [0.1, 0.15) is 5.56 Å². The molecule has 4 nitrogen and oxygen atoms in total. The van der Waals surface area contributed by atoms with Crippen molar-refractivity contribution in [1.29, 1.82) is 5.26 Å². The van der Waals surface area contributed by atoms with Gasteiger partial charge in [-0.25, -0.2) is 0 Å². The monoisotopic (exact) mass is 230 g/mol. The van der Waals surface area contributed by atoms with Gasteiger partial charge in [0.25, 0.3) is 0 Å². The Morgan fingerprint density at radius 3 is 2.71 bits per heavy atom. The highest BCUT2D eigenvalue weighted by Crippen LogP contribution is 2.14. The minimum atomic E-state index is -0.338. The minimum absolute atomic E-state index is 0.292. The molecule has 1 N–H and O–H groups in total. The fourth-order valence-electron chi connectivity index (χ4n) is 1.46. The Morgan fingerprint density at radius 2 is 2.24 bits per heavy atom. The summed E-state index contributed by atoms with van der Waals surface area (Å²) < 4.78 is 4.67. The highest BCUT2D eigenvalue weighted by Gasteiger charge is 2.15. The van der Waals surface area contributed by atoms with E-state index in [1.807, 2.05) is 18.3 Å². The quantitative estimate of drug-likeness (QED) is 0.364. The summed E-state index contributed by atoms with van der Waals surface area (Å²) in [6.45, 7) is 3.62. The van der Waals surface area contributed by atoms with Crippen LogP contribution in [0, 0.1) is 17.4 Å². The van der Waals surface area contributed by atoms with Crippen molar-refractivity contribution in [2.45, 2.75) is 6.42 Å². The van der Waals surface area contributed by atoms with Crippen LogP contribution in [0.15, 0.2) is 36.9 Å². The van der Waals surface area contributed by atoms with Crippen molar-refractivity contribution in [3.8, 4) is 6.19 Å². The van der Waals surface area contributed by atoms with Gasteiger partial charge in [0.05, 0.1) is 13.0 Å². The summed E-state index contributed by atoms with van der Waals surface area (Å²) in [7, 11) is 1.36. The molecule has 88 valence electrons. The number of hydrogen-bond acceptors (Lipinski definition) is 4. The molecular formula is C13H14N2O2. The summed E-state index contributed by atoms with van der Waals surface area (Å²) in [4.78, 5) is 11.4. The fraction of sp³-hybridized carbons (Fsp3) is 0.231. The highest BCUT2D eigenvalue weighted by molar-refractivity contribution is 5.74. The van der Waals surface area contributed by atoms with Crippen LogP contribution in [0.25, 0.3) is 0 Å². The van der Waals surface area contributed by atoms with E-state index in [4.69, 9.17) is 5.26 Å². The van der Waals surface area contributed by atoms with Crippen LogP contribution >= 0.6 is 0 Å². The molecule has 0 saturated heterocycles. The maximum atomic E-state index is 11.4. The second-order valence-corrected chi connectivity index (χ2v) is 3.50.